The van der Waals surface area contributed by atoms with Crippen LogP contribution < -0.4 is 10.1 Å². The minimum absolute atomic E-state index is 0.115. The number of anilines is 1. The topological polar surface area (TPSA) is 81.9 Å². The van der Waals surface area contributed by atoms with Crippen LogP contribution in [0.2, 0.25) is 0 Å². The van der Waals surface area contributed by atoms with Gasteiger partial charge < -0.3 is 10.1 Å². The summed E-state index contributed by atoms with van der Waals surface area (Å²) in [5.74, 6) is 1.62. The molecule has 0 saturated heterocycles. The zero-order valence-corrected chi connectivity index (χ0v) is 17.7. The van der Waals surface area contributed by atoms with Crippen LogP contribution in [0.25, 0.3) is 16.6 Å². The lowest BCUT2D eigenvalue weighted by Crippen LogP contribution is -2.15. The molecule has 0 fully saturated rings. The number of carbonyl (C=O) groups excluding carboxylic acids is 1. The molecule has 0 spiro atoms. The van der Waals surface area contributed by atoms with Gasteiger partial charge in [0, 0.05) is 17.3 Å². The number of carbonyl (C=O) groups is 1. The van der Waals surface area contributed by atoms with E-state index in [4.69, 9.17) is 4.74 Å². The number of methoxy groups -OCH3 is 1. The minimum atomic E-state index is -0.115. The van der Waals surface area contributed by atoms with Crippen molar-refractivity contribution in [2.75, 3.05) is 18.2 Å². The molecule has 30 heavy (non-hydrogen) atoms. The van der Waals surface area contributed by atoms with Gasteiger partial charge in [-0.15, -0.1) is 10.2 Å². The zero-order chi connectivity index (χ0) is 21.1. The van der Waals surface area contributed by atoms with Crippen molar-refractivity contribution in [3.05, 3.63) is 66.1 Å². The third-order valence-electron chi connectivity index (χ3n) is 4.70. The molecule has 0 bridgehead atoms. The normalized spacial score (nSPS) is 10.9. The van der Waals surface area contributed by atoms with Crippen molar-refractivity contribution in [2.45, 2.75) is 19.0 Å². The number of fused-ring (bicyclic) bond motifs is 1. The van der Waals surface area contributed by atoms with E-state index in [1.165, 1.54) is 11.8 Å². The molecule has 1 amide bonds. The van der Waals surface area contributed by atoms with Gasteiger partial charge in [0.05, 0.1) is 24.1 Å². The Morgan fingerprint density at radius 3 is 2.67 bits per heavy atom. The predicted octanol–water partition coefficient (Wildman–Crippen LogP) is 4.17. The summed E-state index contributed by atoms with van der Waals surface area (Å²) in [4.78, 5) is 17.0. The highest BCUT2D eigenvalue weighted by atomic mass is 32.2. The van der Waals surface area contributed by atoms with E-state index < -0.39 is 0 Å². The number of nitrogens with one attached hydrogen (secondary N) is 1. The lowest BCUT2D eigenvalue weighted by Gasteiger charge is -2.11. The molecule has 0 radical (unpaired) electrons. The minimum Gasteiger partial charge on any atom is -0.497 e. The van der Waals surface area contributed by atoms with Crippen LogP contribution in [-0.4, -0.2) is 38.5 Å². The second-order valence-electron chi connectivity index (χ2n) is 6.73. The molecule has 2 heterocycles. The highest BCUT2D eigenvalue weighted by molar-refractivity contribution is 7.99. The van der Waals surface area contributed by atoms with Crippen LogP contribution in [0.1, 0.15) is 11.4 Å². The molecule has 0 saturated carbocycles. The second-order valence-corrected chi connectivity index (χ2v) is 7.67. The zero-order valence-electron chi connectivity index (χ0n) is 16.9. The Kier molecular flexibility index (Phi) is 5.67. The standard InChI is InChI=1S/C22H21N5O2S/c1-14-6-11-19(18-5-4-12-23-21(14)18)24-20(28)13-30-22-26-25-15(2)27(22)16-7-9-17(29-3)10-8-16/h4-12H,13H2,1-3H3,(H,24,28). The maximum absolute atomic E-state index is 12.6. The Balaban J connectivity index is 1.49. The van der Waals surface area contributed by atoms with E-state index in [1.807, 2.05) is 66.9 Å². The van der Waals surface area contributed by atoms with Gasteiger partial charge in [0.25, 0.3) is 0 Å². The SMILES string of the molecule is COc1ccc(-n2c(C)nnc2SCC(=O)Nc2ccc(C)c3ncccc23)cc1. The highest BCUT2D eigenvalue weighted by Crippen LogP contribution is 2.26. The lowest BCUT2D eigenvalue weighted by atomic mass is 10.1. The summed E-state index contributed by atoms with van der Waals surface area (Å²) in [6.45, 7) is 3.89. The maximum Gasteiger partial charge on any atom is 0.234 e. The smallest absolute Gasteiger partial charge is 0.234 e. The maximum atomic E-state index is 12.6. The van der Waals surface area contributed by atoms with Gasteiger partial charge in [-0.1, -0.05) is 17.8 Å². The van der Waals surface area contributed by atoms with Crippen molar-refractivity contribution in [2.24, 2.45) is 0 Å². The second kappa shape index (κ2) is 8.54. The average molecular weight is 420 g/mol. The van der Waals surface area contributed by atoms with E-state index in [-0.39, 0.29) is 11.7 Å². The Bertz CT molecular complexity index is 1200. The first-order valence-electron chi connectivity index (χ1n) is 9.40. The number of amides is 1. The third kappa shape index (κ3) is 3.99. The summed E-state index contributed by atoms with van der Waals surface area (Å²) in [5.41, 5.74) is 3.62. The number of aromatic nitrogens is 4. The molecule has 1 N–H and O–H groups in total. The summed E-state index contributed by atoms with van der Waals surface area (Å²) < 4.78 is 7.14. The number of rotatable bonds is 6. The Morgan fingerprint density at radius 1 is 1.10 bits per heavy atom. The van der Waals surface area contributed by atoms with Gasteiger partial charge in [-0.2, -0.15) is 0 Å². The molecule has 0 aliphatic carbocycles. The van der Waals surface area contributed by atoms with Gasteiger partial charge >= 0.3 is 0 Å². The number of hydrogen-bond acceptors (Lipinski definition) is 6. The Hall–Kier alpha value is -3.39. The van der Waals surface area contributed by atoms with E-state index in [1.54, 1.807) is 13.3 Å². The largest absolute Gasteiger partial charge is 0.497 e. The molecular weight excluding hydrogens is 398 g/mol. The van der Waals surface area contributed by atoms with E-state index in [9.17, 15) is 4.79 Å². The number of pyridine rings is 1. The van der Waals surface area contributed by atoms with Crippen molar-refractivity contribution >= 4 is 34.3 Å². The summed E-state index contributed by atoms with van der Waals surface area (Å²) in [7, 11) is 1.63. The van der Waals surface area contributed by atoms with Crippen LogP contribution >= 0.6 is 11.8 Å². The van der Waals surface area contributed by atoms with Crippen LogP contribution in [0.4, 0.5) is 5.69 Å². The summed E-state index contributed by atoms with van der Waals surface area (Å²) >= 11 is 1.34. The van der Waals surface area contributed by atoms with Gasteiger partial charge in [-0.25, -0.2) is 0 Å². The fourth-order valence-electron chi connectivity index (χ4n) is 3.20. The number of aryl methyl sites for hydroxylation is 2. The molecule has 0 aliphatic rings. The molecule has 4 aromatic rings. The molecule has 2 aromatic heterocycles. The van der Waals surface area contributed by atoms with Crippen LogP contribution in [0, 0.1) is 13.8 Å². The molecule has 0 aliphatic heterocycles. The van der Waals surface area contributed by atoms with E-state index >= 15 is 0 Å². The number of nitrogens with zero attached hydrogens (tertiary/aromatic N) is 4. The molecular formula is C22H21N5O2S. The van der Waals surface area contributed by atoms with E-state index in [0.717, 1.165) is 39.4 Å². The van der Waals surface area contributed by atoms with Crippen LogP contribution in [0.15, 0.2) is 59.9 Å². The molecule has 8 heteroatoms. The molecule has 0 atom stereocenters. The molecule has 2 aromatic carbocycles. The number of benzene rings is 2. The molecule has 4 rings (SSSR count). The van der Waals surface area contributed by atoms with Gasteiger partial charge in [0.1, 0.15) is 11.6 Å². The quantitative estimate of drug-likeness (QED) is 0.472. The van der Waals surface area contributed by atoms with E-state index in [0.29, 0.717) is 5.16 Å². The van der Waals surface area contributed by atoms with Crippen molar-refractivity contribution in [1.82, 2.24) is 19.7 Å². The lowest BCUT2D eigenvalue weighted by molar-refractivity contribution is -0.113. The van der Waals surface area contributed by atoms with Crippen molar-refractivity contribution in [1.29, 1.82) is 0 Å². The molecule has 7 nitrogen and oxygen atoms in total. The van der Waals surface area contributed by atoms with Crippen molar-refractivity contribution < 1.29 is 9.53 Å². The van der Waals surface area contributed by atoms with Gasteiger partial charge in [-0.3, -0.25) is 14.3 Å². The van der Waals surface area contributed by atoms with Crippen LogP contribution in [0.3, 0.4) is 0 Å². The number of thioether (sulfide) groups is 1. The summed E-state index contributed by atoms with van der Waals surface area (Å²) in [6, 6.07) is 15.3. The van der Waals surface area contributed by atoms with E-state index in [2.05, 4.69) is 20.5 Å². The summed E-state index contributed by atoms with van der Waals surface area (Å²) in [6.07, 6.45) is 1.76. The van der Waals surface area contributed by atoms with Crippen molar-refractivity contribution in [3.63, 3.8) is 0 Å². The Labute approximate surface area is 178 Å². The van der Waals surface area contributed by atoms with Crippen molar-refractivity contribution in [3.8, 4) is 11.4 Å². The first-order chi connectivity index (χ1) is 14.6. The first-order valence-corrected chi connectivity index (χ1v) is 10.4. The summed E-state index contributed by atoms with van der Waals surface area (Å²) in [5, 5.41) is 13.0. The first kappa shape index (κ1) is 19.9. The fraction of sp³-hybridized carbons (Fsp3) is 0.182. The number of hydrogen-bond donors (Lipinski definition) is 1. The highest BCUT2D eigenvalue weighted by Gasteiger charge is 2.14. The van der Waals surface area contributed by atoms with Gasteiger partial charge in [-0.05, 0) is 61.9 Å². The fourth-order valence-corrected chi connectivity index (χ4v) is 4.00. The number of ether oxygens (including phenoxy) is 1. The van der Waals surface area contributed by atoms with Gasteiger partial charge in [0.2, 0.25) is 5.91 Å². The van der Waals surface area contributed by atoms with Gasteiger partial charge in [0.15, 0.2) is 5.16 Å². The third-order valence-corrected chi connectivity index (χ3v) is 5.63. The predicted molar refractivity (Wildman–Crippen MR) is 118 cm³/mol. The molecule has 152 valence electrons. The van der Waals surface area contributed by atoms with Crippen LogP contribution in [0.5, 0.6) is 5.75 Å². The average Bonchev–Trinajstić information content (AvgIpc) is 3.15. The van der Waals surface area contributed by atoms with Crippen LogP contribution in [-0.2, 0) is 4.79 Å². The Morgan fingerprint density at radius 2 is 1.90 bits per heavy atom. The molecule has 0 unspecified atom stereocenters. The monoisotopic (exact) mass is 419 g/mol.